The first-order chi connectivity index (χ1) is 15.2. The van der Waals surface area contributed by atoms with Gasteiger partial charge in [0.2, 0.25) is 0 Å². The minimum Gasteiger partial charge on any atom is -0.508 e. The molecule has 0 saturated carbocycles. The summed E-state index contributed by atoms with van der Waals surface area (Å²) < 4.78 is 0. The molecule has 5 heterocycles. The number of aromatic nitrogens is 4. The van der Waals surface area contributed by atoms with Gasteiger partial charge in [-0.2, -0.15) is 0 Å². The third-order valence-corrected chi connectivity index (χ3v) is 5.37. The summed E-state index contributed by atoms with van der Waals surface area (Å²) in [6, 6.07) is 21.5. The molecule has 0 atom stereocenters. The number of phenols is 1. The Bertz CT molecular complexity index is 1440. The molecule has 0 radical (unpaired) electrons. The van der Waals surface area contributed by atoms with E-state index in [-0.39, 0.29) is 5.75 Å². The largest absolute Gasteiger partial charge is 0.508 e. The first-order valence-electron chi connectivity index (χ1n) is 10.1. The molecule has 3 N–H and O–H groups in total. The van der Waals surface area contributed by atoms with Crippen molar-refractivity contribution in [2.24, 2.45) is 0 Å². The van der Waals surface area contributed by atoms with Crippen LogP contribution < -0.4 is 0 Å². The number of nitrogens with zero attached hydrogens (tertiary/aromatic N) is 2. The molecule has 0 unspecified atom stereocenters. The van der Waals surface area contributed by atoms with Crippen LogP contribution in [0.4, 0.5) is 0 Å². The van der Waals surface area contributed by atoms with Gasteiger partial charge in [0.05, 0.1) is 22.8 Å². The normalized spacial score (nSPS) is 12.4. The van der Waals surface area contributed by atoms with Crippen molar-refractivity contribution in [3.05, 3.63) is 89.5 Å². The molecule has 0 spiro atoms. The zero-order valence-electron chi connectivity index (χ0n) is 16.5. The second-order valence-electron chi connectivity index (χ2n) is 7.60. The van der Waals surface area contributed by atoms with Gasteiger partial charge >= 0.3 is 0 Å². The number of hydrogen-bond acceptors (Lipinski definition) is 3. The molecule has 2 aliphatic heterocycles. The molecule has 2 aliphatic rings. The Kier molecular flexibility index (Phi) is 3.86. The third kappa shape index (κ3) is 3.32. The van der Waals surface area contributed by atoms with Crippen LogP contribution in [0.2, 0.25) is 0 Å². The van der Waals surface area contributed by atoms with Crippen molar-refractivity contribution in [2.45, 2.75) is 0 Å². The Balaban J connectivity index is 1.71. The first-order valence-corrected chi connectivity index (χ1v) is 10.1. The van der Waals surface area contributed by atoms with E-state index in [2.05, 4.69) is 28.2 Å². The van der Waals surface area contributed by atoms with Crippen LogP contribution in [0.3, 0.4) is 0 Å². The van der Waals surface area contributed by atoms with Crippen molar-refractivity contribution in [1.29, 1.82) is 0 Å². The van der Waals surface area contributed by atoms with Gasteiger partial charge < -0.3 is 15.1 Å². The molecule has 0 fully saturated rings. The lowest BCUT2D eigenvalue weighted by Crippen LogP contribution is -1.88. The van der Waals surface area contributed by atoms with Crippen LogP contribution in [0.25, 0.3) is 57.5 Å². The molecule has 31 heavy (non-hydrogen) atoms. The van der Waals surface area contributed by atoms with E-state index < -0.39 is 0 Å². The molecule has 3 aromatic heterocycles. The topological polar surface area (TPSA) is 77.6 Å². The number of nitrogens with one attached hydrogen (secondary N) is 2. The maximum absolute atomic E-state index is 9.74. The summed E-state index contributed by atoms with van der Waals surface area (Å²) in [6.07, 6.45) is 8.03. The van der Waals surface area contributed by atoms with Gasteiger partial charge in [-0.25, -0.2) is 9.97 Å². The summed E-state index contributed by atoms with van der Waals surface area (Å²) >= 11 is 0. The molecule has 0 amide bonds. The summed E-state index contributed by atoms with van der Waals surface area (Å²) in [5.74, 6) is 0.230. The van der Waals surface area contributed by atoms with Gasteiger partial charge in [0.15, 0.2) is 0 Å². The summed E-state index contributed by atoms with van der Waals surface area (Å²) in [5.41, 5.74) is 9.31. The molecule has 5 heteroatoms. The Labute approximate surface area is 178 Å². The van der Waals surface area contributed by atoms with E-state index in [9.17, 15) is 5.11 Å². The van der Waals surface area contributed by atoms with Gasteiger partial charge in [0.1, 0.15) is 5.75 Å². The lowest BCUT2D eigenvalue weighted by molar-refractivity contribution is 0.475. The summed E-state index contributed by atoms with van der Waals surface area (Å²) in [7, 11) is 0. The Hall–Kier alpha value is -4.38. The number of benzene rings is 1. The van der Waals surface area contributed by atoms with E-state index in [1.807, 2.05) is 60.7 Å². The van der Waals surface area contributed by atoms with E-state index in [1.54, 1.807) is 12.1 Å². The predicted molar refractivity (Wildman–Crippen MR) is 126 cm³/mol. The average Bonchev–Trinajstić information content (AvgIpc) is 3.55. The van der Waals surface area contributed by atoms with Gasteiger partial charge in [-0.05, 0) is 84.5 Å². The highest BCUT2D eigenvalue weighted by Gasteiger charge is 2.14. The van der Waals surface area contributed by atoms with Crippen LogP contribution in [0.1, 0.15) is 22.8 Å². The fourth-order valence-corrected chi connectivity index (χ4v) is 3.93. The standard InChI is InChI=1S/C26H18N4O/c31-23-9-1-16(2-10-23)26-24-11-7-21(29-24)14-19-5-3-17(27-19)13-18-4-6-20(28-18)15-22-8-12-25(26)30-22/h1-15,27-28,31H. The zero-order valence-corrected chi connectivity index (χ0v) is 16.5. The lowest BCUT2D eigenvalue weighted by Gasteiger charge is -2.05. The lowest BCUT2D eigenvalue weighted by atomic mass is 10.0. The quantitative estimate of drug-likeness (QED) is 0.314. The van der Waals surface area contributed by atoms with Gasteiger partial charge in [0, 0.05) is 27.6 Å². The monoisotopic (exact) mass is 402 g/mol. The van der Waals surface area contributed by atoms with Crippen molar-refractivity contribution < 1.29 is 5.11 Å². The minimum atomic E-state index is 0.230. The molecule has 0 aliphatic carbocycles. The SMILES string of the molecule is Oc1ccc(-c2c3nc(cc4ccc(cc5ccc(cc6nc2C=C6)[nH]5)[nH]4)C=C3)cc1. The van der Waals surface area contributed by atoms with Gasteiger partial charge in [-0.3, -0.25) is 0 Å². The van der Waals surface area contributed by atoms with Crippen LogP contribution in [-0.2, 0) is 0 Å². The predicted octanol–water partition coefficient (Wildman–Crippen LogP) is 6.03. The maximum Gasteiger partial charge on any atom is 0.115 e. The van der Waals surface area contributed by atoms with E-state index in [0.717, 1.165) is 56.0 Å². The molecule has 8 bridgehead atoms. The van der Waals surface area contributed by atoms with E-state index in [0.29, 0.717) is 0 Å². The first kappa shape index (κ1) is 17.5. The number of rotatable bonds is 1. The summed E-state index contributed by atoms with van der Waals surface area (Å²) in [6.45, 7) is 0. The van der Waals surface area contributed by atoms with Crippen LogP contribution in [0, 0.1) is 0 Å². The smallest absolute Gasteiger partial charge is 0.115 e. The van der Waals surface area contributed by atoms with E-state index in [4.69, 9.17) is 9.97 Å². The average molecular weight is 402 g/mol. The fourth-order valence-electron chi connectivity index (χ4n) is 3.93. The fraction of sp³-hybridized carbons (Fsp3) is 0. The minimum absolute atomic E-state index is 0.230. The number of aromatic hydroxyl groups is 1. The second kappa shape index (κ2) is 6.85. The molecular formula is C26H18N4O. The highest BCUT2D eigenvalue weighted by molar-refractivity contribution is 5.89. The number of aromatic amines is 2. The van der Waals surface area contributed by atoms with Crippen molar-refractivity contribution >= 4 is 46.4 Å². The maximum atomic E-state index is 9.74. The molecule has 148 valence electrons. The van der Waals surface area contributed by atoms with E-state index >= 15 is 0 Å². The Morgan fingerprint density at radius 3 is 1.55 bits per heavy atom. The molecule has 1 aromatic carbocycles. The van der Waals surface area contributed by atoms with Crippen molar-refractivity contribution in [3.8, 4) is 16.9 Å². The summed E-state index contributed by atoms with van der Waals surface area (Å²) in [5, 5.41) is 9.74. The number of fused-ring (bicyclic) bond motifs is 8. The molecular weight excluding hydrogens is 384 g/mol. The zero-order chi connectivity index (χ0) is 20.8. The number of hydrogen-bond donors (Lipinski definition) is 3. The highest BCUT2D eigenvalue weighted by atomic mass is 16.3. The summed E-state index contributed by atoms with van der Waals surface area (Å²) in [4.78, 5) is 16.5. The Morgan fingerprint density at radius 1 is 0.548 bits per heavy atom. The van der Waals surface area contributed by atoms with E-state index in [1.165, 1.54) is 0 Å². The van der Waals surface area contributed by atoms with Crippen molar-refractivity contribution in [2.75, 3.05) is 0 Å². The molecule has 4 aromatic rings. The Morgan fingerprint density at radius 2 is 1.03 bits per heavy atom. The molecule has 0 saturated heterocycles. The molecule has 6 rings (SSSR count). The second-order valence-corrected chi connectivity index (χ2v) is 7.60. The van der Waals surface area contributed by atoms with Crippen LogP contribution in [0.5, 0.6) is 5.75 Å². The van der Waals surface area contributed by atoms with Gasteiger partial charge in [0.25, 0.3) is 0 Å². The van der Waals surface area contributed by atoms with Crippen molar-refractivity contribution in [1.82, 2.24) is 19.9 Å². The van der Waals surface area contributed by atoms with Gasteiger partial charge in [-0.15, -0.1) is 0 Å². The van der Waals surface area contributed by atoms with Crippen LogP contribution in [0.15, 0.2) is 66.7 Å². The van der Waals surface area contributed by atoms with Gasteiger partial charge in [-0.1, -0.05) is 12.1 Å². The van der Waals surface area contributed by atoms with Crippen LogP contribution in [-0.4, -0.2) is 25.0 Å². The number of H-pyrrole nitrogens is 2. The highest BCUT2D eigenvalue weighted by Crippen LogP contribution is 2.31. The van der Waals surface area contributed by atoms with Crippen LogP contribution >= 0.6 is 0 Å². The third-order valence-electron chi connectivity index (χ3n) is 5.37. The number of phenolic OH excluding ortho intramolecular Hbond substituents is 1. The van der Waals surface area contributed by atoms with Crippen molar-refractivity contribution in [3.63, 3.8) is 0 Å². The molecule has 5 nitrogen and oxygen atoms in total.